The van der Waals surface area contributed by atoms with Gasteiger partial charge in [0.05, 0.1) is 25.4 Å². The highest BCUT2D eigenvalue weighted by molar-refractivity contribution is 5.83. The Morgan fingerprint density at radius 1 is 1.16 bits per heavy atom. The van der Waals surface area contributed by atoms with Gasteiger partial charge in [-0.2, -0.15) is 0 Å². The molecule has 1 atom stereocenters. The lowest BCUT2D eigenvalue weighted by Gasteiger charge is -2.15. The summed E-state index contributed by atoms with van der Waals surface area (Å²) in [6, 6.07) is 10.6. The van der Waals surface area contributed by atoms with Crippen LogP contribution in [-0.4, -0.2) is 31.1 Å². The van der Waals surface area contributed by atoms with Crippen LogP contribution in [0.25, 0.3) is 0 Å². The minimum Gasteiger partial charge on any atom is -0.491 e. The number of hydrogen-bond acceptors (Lipinski definition) is 4. The summed E-state index contributed by atoms with van der Waals surface area (Å²) >= 11 is 0. The fourth-order valence-corrected chi connectivity index (χ4v) is 2.03. The summed E-state index contributed by atoms with van der Waals surface area (Å²) in [5.41, 5.74) is 1.16. The van der Waals surface area contributed by atoms with E-state index in [1.807, 2.05) is 38.1 Å². The number of benzene rings is 1. The molecule has 0 aliphatic carbocycles. The van der Waals surface area contributed by atoms with E-state index in [1.54, 1.807) is 12.1 Å². The molecule has 134 valence electrons. The minimum atomic E-state index is -0.435. The molecule has 0 spiro atoms. The summed E-state index contributed by atoms with van der Waals surface area (Å²) in [5, 5.41) is 7.84. The molecule has 3 amide bonds. The number of hydrogen-bond donors (Lipinski definition) is 3. The Bertz CT molecular complexity index is 668. The van der Waals surface area contributed by atoms with Crippen LogP contribution in [0.15, 0.2) is 47.1 Å². The zero-order valence-corrected chi connectivity index (χ0v) is 14.4. The van der Waals surface area contributed by atoms with Gasteiger partial charge in [-0.1, -0.05) is 17.7 Å². The molecule has 3 N–H and O–H groups in total. The van der Waals surface area contributed by atoms with E-state index in [1.165, 1.54) is 6.26 Å². The van der Waals surface area contributed by atoms with Crippen molar-refractivity contribution in [3.8, 4) is 5.75 Å². The topological polar surface area (TPSA) is 92.6 Å². The second-order valence-electron chi connectivity index (χ2n) is 5.71. The van der Waals surface area contributed by atoms with Crippen molar-refractivity contribution in [2.24, 2.45) is 0 Å². The molecule has 0 unspecified atom stereocenters. The van der Waals surface area contributed by atoms with E-state index in [4.69, 9.17) is 9.15 Å². The third kappa shape index (κ3) is 6.99. The first-order chi connectivity index (χ1) is 12.0. The van der Waals surface area contributed by atoms with Crippen molar-refractivity contribution >= 4 is 11.9 Å². The number of carbonyl (C=O) groups excluding carboxylic acids is 2. The molecule has 0 saturated carbocycles. The Morgan fingerprint density at radius 3 is 2.60 bits per heavy atom. The zero-order chi connectivity index (χ0) is 18.1. The molecule has 2 aromatic rings. The van der Waals surface area contributed by atoms with Crippen molar-refractivity contribution in [2.75, 3.05) is 13.2 Å². The van der Waals surface area contributed by atoms with Crippen molar-refractivity contribution in [1.82, 2.24) is 16.0 Å². The molecule has 0 saturated heterocycles. The molecule has 0 fully saturated rings. The first kappa shape index (κ1) is 18.4. The van der Waals surface area contributed by atoms with Crippen molar-refractivity contribution in [2.45, 2.75) is 26.4 Å². The third-order valence-electron chi connectivity index (χ3n) is 3.34. The van der Waals surface area contributed by atoms with E-state index >= 15 is 0 Å². The average Bonchev–Trinajstić information content (AvgIpc) is 3.11. The lowest BCUT2D eigenvalue weighted by atomic mass is 10.2. The van der Waals surface area contributed by atoms with Crippen LogP contribution >= 0.6 is 0 Å². The van der Waals surface area contributed by atoms with E-state index in [9.17, 15) is 9.59 Å². The highest BCUT2D eigenvalue weighted by Gasteiger charge is 2.10. The van der Waals surface area contributed by atoms with Crippen molar-refractivity contribution in [1.29, 1.82) is 0 Å². The molecule has 1 aromatic heterocycles. The summed E-state index contributed by atoms with van der Waals surface area (Å²) in [7, 11) is 0. The second-order valence-corrected chi connectivity index (χ2v) is 5.71. The smallest absolute Gasteiger partial charge is 0.315 e. The Morgan fingerprint density at radius 2 is 1.92 bits per heavy atom. The van der Waals surface area contributed by atoms with Crippen molar-refractivity contribution in [3.63, 3.8) is 0 Å². The van der Waals surface area contributed by atoms with Gasteiger partial charge in [0, 0.05) is 0 Å². The van der Waals surface area contributed by atoms with Gasteiger partial charge in [-0.05, 0) is 38.1 Å². The fourth-order valence-electron chi connectivity index (χ4n) is 2.03. The SMILES string of the molecule is Cc1ccc(OC[C@H](C)NC(=O)CNC(=O)NCc2ccco2)cc1. The zero-order valence-electron chi connectivity index (χ0n) is 14.4. The van der Waals surface area contributed by atoms with Gasteiger partial charge in [-0.25, -0.2) is 4.79 Å². The Balaban J connectivity index is 1.60. The molecule has 7 nitrogen and oxygen atoms in total. The third-order valence-corrected chi connectivity index (χ3v) is 3.34. The molecular weight excluding hydrogens is 322 g/mol. The van der Waals surface area contributed by atoms with Gasteiger partial charge in [0.15, 0.2) is 0 Å². The highest BCUT2D eigenvalue weighted by Crippen LogP contribution is 2.11. The summed E-state index contributed by atoms with van der Waals surface area (Å²) in [6.07, 6.45) is 1.53. The quantitative estimate of drug-likeness (QED) is 0.682. The number of nitrogens with one attached hydrogen (secondary N) is 3. The summed E-state index contributed by atoms with van der Waals surface area (Å²) < 4.78 is 10.7. The number of urea groups is 1. The maximum Gasteiger partial charge on any atom is 0.315 e. The van der Waals surface area contributed by atoms with Gasteiger partial charge in [0.25, 0.3) is 0 Å². The van der Waals surface area contributed by atoms with Crippen LogP contribution in [0, 0.1) is 6.92 Å². The fraction of sp³-hybridized carbons (Fsp3) is 0.333. The van der Waals surface area contributed by atoms with Crippen LogP contribution in [0.2, 0.25) is 0 Å². The van der Waals surface area contributed by atoms with Crippen LogP contribution < -0.4 is 20.7 Å². The lowest BCUT2D eigenvalue weighted by molar-refractivity contribution is -0.120. The van der Waals surface area contributed by atoms with Gasteiger partial charge in [0.1, 0.15) is 18.1 Å². The van der Waals surface area contributed by atoms with Gasteiger partial charge in [-0.15, -0.1) is 0 Å². The normalized spacial score (nSPS) is 11.4. The molecule has 25 heavy (non-hydrogen) atoms. The molecule has 2 rings (SSSR count). The predicted octanol–water partition coefficient (Wildman–Crippen LogP) is 1.97. The first-order valence-corrected chi connectivity index (χ1v) is 8.06. The van der Waals surface area contributed by atoms with E-state index in [0.717, 1.165) is 11.3 Å². The standard InChI is InChI=1S/C18H23N3O4/c1-13-5-7-15(8-6-13)25-12-14(2)21-17(22)11-20-18(23)19-10-16-4-3-9-24-16/h3-9,14H,10-12H2,1-2H3,(H,21,22)(H2,19,20,23)/t14-/m0/s1. The van der Waals surface area contributed by atoms with Crippen molar-refractivity contribution in [3.05, 3.63) is 54.0 Å². The van der Waals surface area contributed by atoms with Gasteiger partial charge in [-0.3, -0.25) is 4.79 Å². The lowest BCUT2D eigenvalue weighted by Crippen LogP contribution is -2.45. The van der Waals surface area contributed by atoms with E-state index < -0.39 is 6.03 Å². The Labute approximate surface area is 146 Å². The molecule has 0 aliphatic heterocycles. The maximum absolute atomic E-state index is 11.8. The van der Waals surface area contributed by atoms with Gasteiger partial charge >= 0.3 is 6.03 Å². The molecule has 0 bridgehead atoms. The molecule has 7 heteroatoms. The predicted molar refractivity (Wildman–Crippen MR) is 93.2 cm³/mol. The largest absolute Gasteiger partial charge is 0.491 e. The Hall–Kier alpha value is -2.96. The van der Waals surface area contributed by atoms with Crippen LogP contribution in [-0.2, 0) is 11.3 Å². The van der Waals surface area contributed by atoms with E-state index in [0.29, 0.717) is 12.4 Å². The van der Waals surface area contributed by atoms with Crippen LogP contribution in [0.4, 0.5) is 4.79 Å². The number of ether oxygens (including phenoxy) is 1. The first-order valence-electron chi connectivity index (χ1n) is 8.06. The number of rotatable bonds is 8. The number of amides is 3. The van der Waals surface area contributed by atoms with Crippen molar-refractivity contribution < 1.29 is 18.7 Å². The van der Waals surface area contributed by atoms with Crippen LogP contribution in [0.5, 0.6) is 5.75 Å². The van der Waals surface area contributed by atoms with Gasteiger partial charge in [0.2, 0.25) is 5.91 Å². The molecule has 0 radical (unpaired) electrons. The maximum atomic E-state index is 11.8. The Kier molecular flexibility index (Phi) is 6.88. The molecular formula is C18H23N3O4. The van der Waals surface area contributed by atoms with Crippen LogP contribution in [0.3, 0.4) is 0 Å². The summed E-state index contributed by atoms with van der Waals surface area (Å²) in [5.74, 6) is 1.11. The molecule has 1 aromatic carbocycles. The summed E-state index contributed by atoms with van der Waals surface area (Å²) in [4.78, 5) is 23.4. The van der Waals surface area contributed by atoms with Crippen LogP contribution in [0.1, 0.15) is 18.2 Å². The second kappa shape index (κ2) is 9.36. The molecule has 1 heterocycles. The minimum absolute atomic E-state index is 0.112. The monoisotopic (exact) mass is 345 g/mol. The summed E-state index contributed by atoms with van der Waals surface area (Å²) in [6.45, 7) is 4.34. The number of aryl methyl sites for hydroxylation is 1. The number of furan rings is 1. The number of carbonyl (C=O) groups is 2. The average molecular weight is 345 g/mol. The van der Waals surface area contributed by atoms with E-state index in [2.05, 4.69) is 16.0 Å². The highest BCUT2D eigenvalue weighted by atomic mass is 16.5. The molecule has 0 aliphatic rings. The van der Waals surface area contributed by atoms with Gasteiger partial charge < -0.3 is 25.1 Å². The van der Waals surface area contributed by atoms with E-state index in [-0.39, 0.29) is 25.0 Å².